The molecule has 2 aromatic rings. The molecule has 1 aromatic heterocycles. The average Bonchev–Trinajstić information content (AvgIpc) is 2.75. The van der Waals surface area contributed by atoms with Gasteiger partial charge in [-0.25, -0.2) is 13.1 Å². The molecule has 2 N–H and O–H groups in total. The quantitative estimate of drug-likeness (QED) is 0.842. The van der Waals surface area contributed by atoms with Crippen molar-refractivity contribution in [3.05, 3.63) is 42.2 Å². The van der Waals surface area contributed by atoms with Crippen molar-refractivity contribution in [3.8, 4) is 5.75 Å². The number of aromatic hydroxyl groups is 1. The zero-order valence-corrected chi connectivity index (χ0v) is 11.3. The molecule has 0 unspecified atom stereocenters. The highest BCUT2D eigenvalue weighted by atomic mass is 32.2. The van der Waals surface area contributed by atoms with E-state index in [0.29, 0.717) is 6.42 Å². The molecule has 0 aliphatic carbocycles. The first kappa shape index (κ1) is 13.6. The first-order chi connectivity index (χ1) is 8.99. The van der Waals surface area contributed by atoms with Gasteiger partial charge in [-0.3, -0.25) is 4.68 Å². The summed E-state index contributed by atoms with van der Waals surface area (Å²) in [5.74, 6) is -0.257. The van der Waals surface area contributed by atoms with Crippen LogP contribution in [-0.4, -0.2) is 29.8 Å². The summed E-state index contributed by atoms with van der Waals surface area (Å²) in [6, 6.07) is 7.66. The maximum absolute atomic E-state index is 12.0. The van der Waals surface area contributed by atoms with E-state index in [9.17, 15) is 13.5 Å². The molecular weight excluding hydrogens is 266 g/mol. The molecule has 1 heterocycles. The standard InChI is InChI=1S/C12H15N3O3S/c1-15-9-7-10(14-15)6-8-13-19(17,18)12-5-3-2-4-11(12)16/h2-5,7,9,13,16H,6,8H2,1H3. The van der Waals surface area contributed by atoms with E-state index in [1.807, 2.05) is 6.07 Å². The van der Waals surface area contributed by atoms with Gasteiger partial charge in [-0.2, -0.15) is 5.10 Å². The van der Waals surface area contributed by atoms with Gasteiger partial charge < -0.3 is 5.11 Å². The van der Waals surface area contributed by atoms with E-state index in [1.54, 1.807) is 30.1 Å². The molecule has 0 fully saturated rings. The molecule has 0 amide bonds. The Kier molecular flexibility index (Phi) is 3.87. The molecule has 0 radical (unpaired) electrons. The second-order valence-corrected chi connectivity index (χ2v) is 5.83. The lowest BCUT2D eigenvalue weighted by atomic mass is 10.3. The van der Waals surface area contributed by atoms with Gasteiger partial charge in [-0.05, 0) is 18.2 Å². The fourth-order valence-corrected chi connectivity index (χ4v) is 2.80. The van der Waals surface area contributed by atoms with Crippen LogP contribution in [0.3, 0.4) is 0 Å². The Hall–Kier alpha value is -1.86. The Morgan fingerprint density at radius 1 is 1.32 bits per heavy atom. The van der Waals surface area contributed by atoms with E-state index in [2.05, 4.69) is 9.82 Å². The van der Waals surface area contributed by atoms with E-state index in [0.717, 1.165) is 5.69 Å². The number of aromatic nitrogens is 2. The average molecular weight is 281 g/mol. The van der Waals surface area contributed by atoms with Crippen LogP contribution in [0.5, 0.6) is 5.75 Å². The number of benzene rings is 1. The second kappa shape index (κ2) is 5.41. The molecule has 2 rings (SSSR count). The van der Waals surface area contributed by atoms with Gasteiger partial charge in [0, 0.05) is 26.2 Å². The fourth-order valence-electron chi connectivity index (χ4n) is 1.67. The Labute approximate surface area is 111 Å². The van der Waals surface area contributed by atoms with Gasteiger partial charge in [-0.1, -0.05) is 12.1 Å². The van der Waals surface area contributed by atoms with Crippen molar-refractivity contribution < 1.29 is 13.5 Å². The third-order valence-corrected chi connectivity index (χ3v) is 4.11. The number of hydrogen-bond donors (Lipinski definition) is 2. The maximum atomic E-state index is 12.0. The smallest absolute Gasteiger partial charge is 0.244 e. The van der Waals surface area contributed by atoms with Crippen molar-refractivity contribution >= 4 is 10.0 Å². The van der Waals surface area contributed by atoms with E-state index >= 15 is 0 Å². The summed E-state index contributed by atoms with van der Waals surface area (Å²) in [4.78, 5) is -0.115. The highest BCUT2D eigenvalue weighted by Gasteiger charge is 2.17. The lowest BCUT2D eigenvalue weighted by Gasteiger charge is -2.07. The Morgan fingerprint density at radius 3 is 2.68 bits per heavy atom. The van der Waals surface area contributed by atoms with Crippen LogP contribution in [0.4, 0.5) is 0 Å². The topological polar surface area (TPSA) is 84.2 Å². The predicted octanol–water partition coefficient (Wildman–Crippen LogP) is 0.647. The molecule has 0 saturated heterocycles. The van der Waals surface area contributed by atoms with E-state index < -0.39 is 10.0 Å². The minimum atomic E-state index is -3.69. The van der Waals surface area contributed by atoms with Crippen LogP contribution in [-0.2, 0) is 23.5 Å². The first-order valence-electron chi connectivity index (χ1n) is 5.75. The van der Waals surface area contributed by atoms with Crippen molar-refractivity contribution in [2.75, 3.05) is 6.54 Å². The molecule has 102 valence electrons. The molecular formula is C12H15N3O3S. The summed E-state index contributed by atoms with van der Waals surface area (Å²) in [5, 5.41) is 13.7. The first-order valence-corrected chi connectivity index (χ1v) is 7.23. The van der Waals surface area contributed by atoms with E-state index in [-0.39, 0.29) is 17.2 Å². The van der Waals surface area contributed by atoms with Crippen LogP contribution in [0.1, 0.15) is 5.69 Å². The number of phenolic OH excluding ortho intramolecular Hbond substituents is 1. The predicted molar refractivity (Wildman–Crippen MR) is 70.2 cm³/mol. The van der Waals surface area contributed by atoms with Crippen LogP contribution >= 0.6 is 0 Å². The maximum Gasteiger partial charge on any atom is 0.244 e. The lowest BCUT2D eigenvalue weighted by Crippen LogP contribution is -2.26. The molecule has 7 heteroatoms. The lowest BCUT2D eigenvalue weighted by molar-refractivity contribution is 0.458. The fraction of sp³-hybridized carbons (Fsp3) is 0.250. The number of sulfonamides is 1. The van der Waals surface area contributed by atoms with E-state index in [4.69, 9.17) is 0 Å². The largest absolute Gasteiger partial charge is 0.507 e. The molecule has 0 atom stereocenters. The number of phenols is 1. The third kappa shape index (κ3) is 3.33. The summed E-state index contributed by atoms with van der Waals surface area (Å²) in [5.41, 5.74) is 0.808. The number of nitrogens with zero attached hydrogens (tertiary/aromatic N) is 2. The SMILES string of the molecule is Cn1ccc(CCNS(=O)(=O)c2ccccc2O)n1. The van der Waals surface area contributed by atoms with E-state index in [1.165, 1.54) is 12.1 Å². The second-order valence-electron chi connectivity index (χ2n) is 4.10. The van der Waals surface area contributed by atoms with Crippen LogP contribution in [0.15, 0.2) is 41.4 Å². The van der Waals surface area contributed by atoms with Gasteiger partial charge in [0.2, 0.25) is 10.0 Å². The molecule has 0 aliphatic heterocycles. The van der Waals surface area contributed by atoms with Crippen LogP contribution < -0.4 is 4.72 Å². The Balaban J connectivity index is 2.01. The summed E-state index contributed by atoms with van der Waals surface area (Å²) in [6.45, 7) is 0.230. The molecule has 0 aliphatic rings. The van der Waals surface area contributed by atoms with Crippen LogP contribution in [0.25, 0.3) is 0 Å². The van der Waals surface area contributed by atoms with Crippen LogP contribution in [0, 0.1) is 0 Å². The van der Waals surface area contributed by atoms with Crippen molar-refractivity contribution in [2.24, 2.45) is 7.05 Å². The molecule has 1 aromatic carbocycles. The third-order valence-electron chi connectivity index (χ3n) is 2.60. The minimum Gasteiger partial charge on any atom is -0.507 e. The molecule has 0 saturated carbocycles. The highest BCUT2D eigenvalue weighted by Crippen LogP contribution is 2.20. The molecule has 0 spiro atoms. The van der Waals surface area contributed by atoms with Crippen molar-refractivity contribution in [3.63, 3.8) is 0 Å². The van der Waals surface area contributed by atoms with Gasteiger partial charge in [0.15, 0.2) is 0 Å². The number of hydrogen-bond acceptors (Lipinski definition) is 4. The normalized spacial score (nSPS) is 11.6. The van der Waals surface area contributed by atoms with Gasteiger partial charge in [-0.15, -0.1) is 0 Å². The zero-order chi connectivity index (χ0) is 13.9. The number of nitrogens with one attached hydrogen (secondary N) is 1. The summed E-state index contributed by atoms with van der Waals surface area (Å²) in [6.07, 6.45) is 2.29. The van der Waals surface area contributed by atoms with Gasteiger partial charge in [0.05, 0.1) is 5.69 Å². The summed E-state index contributed by atoms with van der Waals surface area (Å²) >= 11 is 0. The number of para-hydroxylation sites is 1. The zero-order valence-electron chi connectivity index (χ0n) is 10.4. The minimum absolute atomic E-state index is 0.115. The van der Waals surface area contributed by atoms with Gasteiger partial charge >= 0.3 is 0 Å². The Bertz CT molecular complexity index is 664. The molecule has 19 heavy (non-hydrogen) atoms. The summed E-state index contributed by atoms with van der Waals surface area (Å²) in [7, 11) is -1.89. The number of rotatable bonds is 5. The Morgan fingerprint density at radius 2 is 2.05 bits per heavy atom. The highest BCUT2D eigenvalue weighted by molar-refractivity contribution is 7.89. The van der Waals surface area contributed by atoms with Crippen molar-refractivity contribution in [1.82, 2.24) is 14.5 Å². The molecule has 0 bridgehead atoms. The molecule has 6 nitrogen and oxygen atoms in total. The van der Waals surface area contributed by atoms with Crippen molar-refractivity contribution in [2.45, 2.75) is 11.3 Å². The van der Waals surface area contributed by atoms with Gasteiger partial charge in [0.25, 0.3) is 0 Å². The number of aryl methyl sites for hydroxylation is 1. The summed E-state index contributed by atoms with van der Waals surface area (Å²) < 4.78 is 28.0. The van der Waals surface area contributed by atoms with Crippen molar-refractivity contribution in [1.29, 1.82) is 0 Å². The van der Waals surface area contributed by atoms with Crippen LogP contribution in [0.2, 0.25) is 0 Å². The van der Waals surface area contributed by atoms with Gasteiger partial charge in [0.1, 0.15) is 10.6 Å². The monoisotopic (exact) mass is 281 g/mol.